The first-order valence-corrected chi connectivity index (χ1v) is 14.2. The number of esters is 1. The molecule has 0 aliphatic carbocycles. The molecule has 0 bridgehead atoms. The van der Waals surface area contributed by atoms with Crippen LogP contribution in [0, 0.1) is 0 Å². The molecule has 0 fully saturated rings. The van der Waals surface area contributed by atoms with E-state index in [4.69, 9.17) is 20.3 Å². The molecule has 1 aromatic rings. The van der Waals surface area contributed by atoms with E-state index >= 15 is 0 Å². The highest BCUT2D eigenvalue weighted by molar-refractivity contribution is 8.00. The lowest BCUT2D eigenvalue weighted by molar-refractivity contribution is -0.138. The predicted molar refractivity (Wildman–Crippen MR) is 137 cm³/mol. The molecule has 10 heteroatoms. The molecule has 1 aliphatic heterocycles. The van der Waals surface area contributed by atoms with Gasteiger partial charge in [0.25, 0.3) is 0 Å². The number of unbranched alkanes of at least 4 members (excludes halogenated alkanes) is 5. The van der Waals surface area contributed by atoms with Crippen molar-refractivity contribution in [3.8, 4) is 11.5 Å². The van der Waals surface area contributed by atoms with Gasteiger partial charge in [-0.25, -0.2) is 0 Å². The van der Waals surface area contributed by atoms with Crippen molar-refractivity contribution in [2.75, 3.05) is 31.2 Å². The van der Waals surface area contributed by atoms with Crippen LogP contribution in [0.3, 0.4) is 0 Å². The molecule has 2 unspecified atom stereocenters. The summed E-state index contributed by atoms with van der Waals surface area (Å²) in [7, 11) is 1.28. The van der Waals surface area contributed by atoms with Gasteiger partial charge < -0.3 is 29.6 Å². The Kier molecular flexibility index (Phi) is 15.9. The number of hydrogen-bond acceptors (Lipinski definition) is 8. The van der Waals surface area contributed by atoms with Gasteiger partial charge in [0.1, 0.15) is 17.0 Å². The molecule has 8 nitrogen and oxygen atoms in total. The number of carboxylic acids is 1. The molecular weight excluding hydrogens is 478 g/mol. The minimum absolute atomic E-state index is 0.136. The zero-order valence-electron chi connectivity index (χ0n) is 20.5. The van der Waals surface area contributed by atoms with Crippen molar-refractivity contribution in [2.45, 2.75) is 70.1 Å². The highest BCUT2D eigenvalue weighted by atomic mass is 32.2. The molecule has 1 aliphatic rings. The molecule has 0 saturated heterocycles. The summed E-state index contributed by atoms with van der Waals surface area (Å²) in [5.74, 6) is 1.36. The SMILES string of the molecule is CCCCCCCC[S+]([O-])C(C)Cc1ccc2c(c1)OCO2.COC(=O)CSC[C@H](N)C(=O)O. The summed E-state index contributed by atoms with van der Waals surface area (Å²) >= 11 is 0.399. The Morgan fingerprint density at radius 3 is 2.56 bits per heavy atom. The van der Waals surface area contributed by atoms with Crippen LogP contribution in [0.4, 0.5) is 0 Å². The Bertz CT molecular complexity index is 735. The molecule has 0 radical (unpaired) electrons. The standard InChI is InChI=1S/C18H28O3S.C6H11NO4S/c1-3-4-5-6-7-8-11-22(19)15(2)12-16-9-10-17-18(13-16)21-14-20-17;1-11-5(8)3-12-2-4(7)6(9)10/h9-10,13,15H,3-8,11-12,14H2,1-2H3;4H,2-3,7H2,1H3,(H,9,10)/t;4-/m.0/s1. The molecule has 2 rings (SSSR count). The fourth-order valence-corrected chi connectivity index (χ4v) is 5.19. The van der Waals surface area contributed by atoms with Gasteiger partial charge in [0.05, 0.1) is 12.9 Å². The first-order chi connectivity index (χ1) is 16.3. The van der Waals surface area contributed by atoms with Crippen molar-refractivity contribution in [2.24, 2.45) is 5.73 Å². The van der Waals surface area contributed by atoms with Crippen LogP contribution in [0.2, 0.25) is 0 Å². The maximum absolute atomic E-state index is 12.3. The fraction of sp³-hybridized carbons (Fsp3) is 0.667. The van der Waals surface area contributed by atoms with Gasteiger partial charge in [0.15, 0.2) is 11.5 Å². The van der Waals surface area contributed by atoms with Gasteiger partial charge in [-0.3, -0.25) is 9.59 Å². The topological polar surface area (TPSA) is 131 Å². The van der Waals surface area contributed by atoms with Crippen LogP contribution in [0.5, 0.6) is 11.5 Å². The molecule has 34 heavy (non-hydrogen) atoms. The zero-order chi connectivity index (χ0) is 25.3. The number of hydrogen-bond donors (Lipinski definition) is 2. The lowest BCUT2D eigenvalue weighted by Gasteiger charge is -2.18. The largest absolute Gasteiger partial charge is 0.616 e. The summed E-state index contributed by atoms with van der Waals surface area (Å²) in [6.07, 6.45) is 8.32. The van der Waals surface area contributed by atoms with Crippen molar-refractivity contribution >= 4 is 34.9 Å². The van der Waals surface area contributed by atoms with Crippen molar-refractivity contribution in [1.29, 1.82) is 0 Å². The van der Waals surface area contributed by atoms with Gasteiger partial charge >= 0.3 is 11.9 Å². The normalized spacial score (nSPS) is 14.5. The van der Waals surface area contributed by atoms with E-state index in [9.17, 15) is 14.1 Å². The van der Waals surface area contributed by atoms with Gasteiger partial charge in [-0.1, -0.05) is 49.8 Å². The quantitative estimate of drug-likeness (QED) is 0.203. The molecule has 0 amide bonds. The molecule has 3 atom stereocenters. The van der Waals surface area contributed by atoms with E-state index in [2.05, 4.69) is 18.6 Å². The van der Waals surface area contributed by atoms with E-state index in [1.54, 1.807) is 0 Å². The molecule has 1 heterocycles. The average molecular weight is 518 g/mol. The highest BCUT2D eigenvalue weighted by Gasteiger charge is 2.19. The third kappa shape index (κ3) is 12.7. The van der Waals surface area contributed by atoms with Crippen LogP contribution < -0.4 is 15.2 Å². The van der Waals surface area contributed by atoms with E-state index in [1.807, 2.05) is 18.2 Å². The smallest absolute Gasteiger partial charge is 0.321 e. The third-order valence-electron chi connectivity index (χ3n) is 5.17. The summed E-state index contributed by atoms with van der Waals surface area (Å²) in [4.78, 5) is 20.7. The second-order valence-electron chi connectivity index (χ2n) is 8.09. The highest BCUT2D eigenvalue weighted by Crippen LogP contribution is 2.33. The lowest BCUT2D eigenvalue weighted by atomic mass is 10.1. The number of carboxylic acid groups (broad SMARTS) is 1. The predicted octanol–water partition coefficient (Wildman–Crippen LogP) is 3.76. The van der Waals surface area contributed by atoms with E-state index in [-0.39, 0.29) is 22.7 Å². The van der Waals surface area contributed by atoms with Crippen LogP contribution in [-0.2, 0) is 31.9 Å². The Balaban J connectivity index is 0.000000411. The number of rotatable bonds is 15. The number of methoxy groups -OCH3 is 1. The summed E-state index contributed by atoms with van der Waals surface area (Å²) in [5.41, 5.74) is 6.35. The number of thioether (sulfide) groups is 1. The fourth-order valence-electron chi connectivity index (χ4n) is 3.12. The number of ether oxygens (including phenoxy) is 3. The summed E-state index contributed by atoms with van der Waals surface area (Å²) in [6.45, 7) is 4.61. The maximum atomic E-state index is 12.3. The van der Waals surface area contributed by atoms with Crippen LogP contribution in [0.1, 0.15) is 57.9 Å². The summed E-state index contributed by atoms with van der Waals surface area (Å²) < 4.78 is 27.4. The maximum Gasteiger partial charge on any atom is 0.321 e. The first kappa shape index (κ1) is 30.4. The van der Waals surface area contributed by atoms with Crippen molar-refractivity contribution in [1.82, 2.24) is 0 Å². The second kappa shape index (κ2) is 17.8. The second-order valence-corrected chi connectivity index (χ2v) is 11.1. The molecule has 0 saturated carbocycles. The average Bonchev–Trinajstić information content (AvgIpc) is 3.29. The molecule has 0 spiro atoms. The number of nitrogens with two attached hydrogens (primary N) is 1. The van der Waals surface area contributed by atoms with Crippen molar-refractivity contribution < 1.29 is 33.5 Å². The Morgan fingerprint density at radius 2 is 1.88 bits per heavy atom. The van der Waals surface area contributed by atoms with Gasteiger partial charge in [-0.15, -0.1) is 11.8 Å². The van der Waals surface area contributed by atoms with Crippen LogP contribution in [-0.4, -0.2) is 64.1 Å². The van der Waals surface area contributed by atoms with Gasteiger partial charge in [0, 0.05) is 12.2 Å². The molecule has 194 valence electrons. The number of benzene rings is 1. The molecule has 1 aromatic carbocycles. The molecular formula is C24H39NO7S2. The van der Waals surface area contributed by atoms with E-state index < -0.39 is 23.2 Å². The van der Waals surface area contributed by atoms with Crippen LogP contribution in [0.25, 0.3) is 0 Å². The van der Waals surface area contributed by atoms with Gasteiger partial charge in [-0.05, 0) is 37.5 Å². The Labute approximate surface area is 210 Å². The summed E-state index contributed by atoms with van der Waals surface area (Å²) in [5, 5.41) is 8.54. The third-order valence-corrected chi connectivity index (χ3v) is 7.96. The van der Waals surface area contributed by atoms with Crippen molar-refractivity contribution in [3.63, 3.8) is 0 Å². The molecule has 0 aromatic heterocycles. The van der Waals surface area contributed by atoms with E-state index in [0.29, 0.717) is 6.79 Å². The Hall–Kier alpha value is -1.62. The van der Waals surface area contributed by atoms with Crippen molar-refractivity contribution in [3.05, 3.63) is 23.8 Å². The summed E-state index contributed by atoms with van der Waals surface area (Å²) in [6, 6.07) is 5.09. The van der Waals surface area contributed by atoms with E-state index in [0.717, 1.165) is 41.9 Å². The van der Waals surface area contributed by atoms with Crippen LogP contribution >= 0.6 is 11.8 Å². The number of fused-ring (bicyclic) bond motifs is 1. The minimum atomic E-state index is -1.06. The monoisotopic (exact) mass is 517 g/mol. The number of carbonyl (C=O) groups is 2. The lowest BCUT2D eigenvalue weighted by Crippen LogP contribution is -2.32. The zero-order valence-corrected chi connectivity index (χ0v) is 22.1. The van der Waals surface area contributed by atoms with E-state index in [1.165, 1.54) is 44.8 Å². The molecule has 3 N–H and O–H groups in total. The van der Waals surface area contributed by atoms with Gasteiger partial charge in [0.2, 0.25) is 6.79 Å². The minimum Gasteiger partial charge on any atom is -0.616 e. The Morgan fingerprint density at radius 1 is 1.21 bits per heavy atom. The number of aliphatic carboxylic acids is 1. The van der Waals surface area contributed by atoms with Crippen LogP contribution in [0.15, 0.2) is 18.2 Å². The van der Waals surface area contributed by atoms with Gasteiger partial charge in [-0.2, -0.15) is 0 Å². The first-order valence-electron chi connectivity index (χ1n) is 11.7. The number of carbonyl (C=O) groups excluding carboxylic acids is 1.